The van der Waals surface area contributed by atoms with E-state index in [9.17, 15) is 0 Å². The van der Waals surface area contributed by atoms with Gasteiger partial charge in [0.25, 0.3) is 0 Å². The van der Waals surface area contributed by atoms with Crippen LogP contribution in [0.1, 0.15) is 0 Å². The normalized spacial score (nSPS) is 11.3. The Morgan fingerprint density at radius 3 is 2.55 bits per heavy atom. The van der Waals surface area contributed by atoms with E-state index < -0.39 is 0 Å². The van der Waals surface area contributed by atoms with Gasteiger partial charge in [0.05, 0.1) is 18.2 Å². The molecule has 0 aliphatic carbocycles. The van der Waals surface area contributed by atoms with Crippen LogP contribution in [-0.2, 0) is 4.74 Å². The highest BCUT2D eigenvalue weighted by atomic mass is 35.5. The molecule has 0 aliphatic heterocycles. The van der Waals surface area contributed by atoms with Gasteiger partial charge < -0.3 is 20.1 Å². The van der Waals surface area contributed by atoms with E-state index >= 15 is 0 Å². The summed E-state index contributed by atoms with van der Waals surface area (Å²) in [4.78, 5) is 4.07. The van der Waals surface area contributed by atoms with Gasteiger partial charge in [-0.15, -0.1) is 0 Å². The molecular formula is C13H19Cl2N3O2. The van der Waals surface area contributed by atoms with Crippen molar-refractivity contribution < 1.29 is 9.47 Å². The maximum atomic E-state index is 6.02. The molecule has 1 aromatic rings. The predicted molar refractivity (Wildman–Crippen MR) is 83.2 cm³/mol. The summed E-state index contributed by atoms with van der Waals surface area (Å²) in [6.45, 7) is 2.35. The second-order valence-corrected chi connectivity index (χ2v) is 4.60. The van der Waals surface area contributed by atoms with Crippen LogP contribution in [0.3, 0.4) is 0 Å². The first-order valence-corrected chi connectivity index (χ1v) is 6.95. The molecule has 20 heavy (non-hydrogen) atoms. The lowest BCUT2D eigenvalue weighted by atomic mass is 10.3. The molecule has 0 spiro atoms. The van der Waals surface area contributed by atoms with E-state index in [-0.39, 0.29) is 0 Å². The van der Waals surface area contributed by atoms with Crippen molar-refractivity contribution in [1.82, 2.24) is 10.6 Å². The molecule has 1 rings (SSSR count). The minimum absolute atomic E-state index is 0.428. The fourth-order valence-corrected chi connectivity index (χ4v) is 1.76. The van der Waals surface area contributed by atoms with Crippen molar-refractivity contribution in [1.29, 1.82) is 0 Å². The van der Waals surface area contributed by atoms with Crippen molar-refractivity contribution in [3.05, 3.63) is 28.2 Å². The first-order chi connectivity index (χ1) is 9.69. The summed E-state index contributed by atoms with van der Waals surface area (Å²) in [6, 6.07) is 5.29. The number of hydrogen-bond donors (Lipinski definition) is 2. The lowest BCUT2D eigenvalue weighted by Gasteiger charge is -2.13. The molecule has 0 aliphatic rings. The van der Waals surface area contributed by atoms with Gasteiger partial charge in [0.15, 0.2) is 5.96 Å². The van der Waals surface area contributed by atoms with Gasteiger partial charge in [-0.3, -0.25) is 4.99 Å². The summed E-state index contributed by atoms with van der Waals surface area (Å²) in [7, 11) is 3.36. The van der Waals surface area contributed by atoms with Crippen LogP contribution in [-0.4, -0.2) is 46.4 Å². The number of nitrogens with zero attached hydrogens (tertiary/aromatic N) is 1. The van der Waals surface area contributed by atoms with Gasteiger partial charge in [-0.2, -0.15) is 0 Å². The largest absolute Gasteiger partial charge is 0.490 e. The summed E-state index contributed by atoms with van der Waals surface area (Å²) in [5, 5.41) is 7.12. The number of halogens is 2. The molecule has 0 atom stereocenters. The van der Waals surface area contributed by atoms with Crippen molar-refractivity contribution in [3.63, 3.8) is 0 Å². The Morgan fingerprint density at radius 1 is 1.20 bits per heavy atom. The van der Waals surface area contributed by atoms with E-state index in [4.69, 9.17) is 32.7 Å². The first-order valence-electron chi connectivity index (χ1n) is 6.19. The van der Waals surface area contributed by atoms with Crippen molar-refractivity contribution in [2.45, 2.75) is 0 Å². The SMILES string of the molecule is CN=C(NCCOC)NCCOc1cccc(Cl)c1Cl. The Labute approximate surface area is 129 Å². The lowest BCUT2D eigenvalue weighted by Crippen LogP contribution is -2.40. The summed E-state index contributed by atoms with van der Waals surface area (Å²) in [5.74, 6) is 1.27. The molecule has 0 saturated carbocycles. The Morgan fingerprint density at radius 2 is 1.90 bits per heavy atom. The number of rotatable bonds is 7. The van der Waals surface area contributed by atoms with E-state index in [0.29, 0.717) is 48.1 Å². The van der Waals surface area contributed by atoms with E-state index in [0.717, 1.165) is 0 Å². The second-order valence-electron chi connectivity index (χ2n) is 3.82. The van der Waals surface area contributed by atoms with Gasteiger partial charge in [-0.25, -0.2) is 0 Å². The number of benzene rings is 1. The third kappa shape index (κ3) is 5.86. The van der Waals surface area contributed by atoms with E-state index in [1.807, 2.05) is 0 Å². The van der Waals surface area contributed by atoms with Crippen LogP contribution in [0, 0.1) is 0 Å². The molecule has 0 amide bonds. The average molecular weight is 320 g/mol. The van der Waals surface area contributed by atoms with Crippen LogP contribution in [0.5, 0.6) is 5.75 Å². The van der Waals surface area contributed by atoms with Gasteiger partial charge in [0, 0.05) is 20.7 Å². The topological polar surface area (TPSA) is 54.9 Å². The predicted octanol–water partition coefficient (Wildman–Crippen LogP) is 2.18. The van der Waals surface area contributed by atoms with Crippen LogP contribution in [0.4, 0.5) is 0 Å². The van der Waals surface area contributed by atoms with Crippen LogP contribution in [0.25, 0.3) is 0 Å². The van der Waals surface area contributed by atoms with Gasteiger partial charge >= 0.3 is 0 Å². The van der Waals surface area contributed by atoms with Gasteiger partial charge in [-0.1, -0.05) is 29.3 Å². The van der Waals surface area contributed by atoms with Crippen molar-refractivity contribution in [3.8, 4) is 5.75 Å². The van der Waals surface area contributed by atoms with Crippen LogP contribution in [0.15, 0.2) is 23.2 Å². The minimum atomic E-state index is 0.428. The highest BCUT2D eigenvalue weighted by Gasteiger charge is 2.05. The molecule has 0 heterocycles. The summed E-state index contributed by atoms with van der Waals surface area (Å²) in [6.07, 6.45) is 0. The molecule has 5 nitrogen and oxygen atoms in total. The van der Waals surface area contributed by atoms with Crippen molar-refractivity contribution >= 4 is 29.2 Å². The molecule has 7 heteroatoms. The van der Waals surface area contributed by atoms with Crippen LogP contribution < -0.4 is 15.4 Å². The Kier molecular flexibility index (Phi) is 8.18. The second kappa shape index (κ2) is 9.69. The van der Waals surface area contributed by atoms with Crippen LogP contribution in [0.2, 0.25) is 10.0 Å². The zero-order valence-electron chi connectivity index (χ0n) is 11.6. The summed E-state index contributed by atoms with van der Waals surface area (Å²) >= 11 is 11.9. The smallest absolute Gasteiger partial charge is 0.191 e. The molecule has 1 aromatic carbocycles. The Hall–Kier alpha value is -1.17. The number of guanidine groups is 1. The highest BCUT2D eigenvalue weighted by Crippen LogP contribution is 2.31. The van der Waals surface area contributed by atoms with E-state index in [2.05, 4.69) is 15.6 Å². The number of nitrogens with one attached hydrogen (secondary N) is 2. The summed E-state index contributed by atoms with van der Waals surface area (Å²) < 4.78 is 10.5. The first kappa shape index (κ1) is 16.9. The van der Waals surface area contributed by atoms with Gasteiger partial charge in [-0.05, 0) is 12.1 Å². The summed E-state index contributed by atoms with van der Waals surface area (Å²) in [5.41, 5.74) is 0. The molecule has 0 saturated heterocycles. The molecule has 0 bridgehead atoms. The number of methoxy groups -OCH3 is 1. The number of aliphatic imine (C=N–C) groups is 1. The molecule has 0 fully saturated rings. The molecule has 0 radical (unpaired) electrons. The quantitative estimate of drug-likeness (QED) is 0.459. The molecule has 0 aromatic heterocycles. The third-order valence-electron chi connectivity index (χ3n) is 2.39. The zero-order chi connectivity index (χ0) is 14.8. The Balaban J connectivity index is 2.28. The van der Waals surface area contributed by atoms with E-state index in [1.165, 1.54) is 0 Å². The van der Waals surface area contributed by atoms with E-state index in [1.54, 1.807) is 32.4 Å². The fraction of sp³-hybridized carbons (Fsp3) is 0.462. The molecule has 2 N–H and O–H groups in total. The third-order valence-corrected chi connectivity index (χ3v) is 3.19. The molecular weight excluding hydrogens is 301 g/mol. The fourth-order valence-electron chi connectivity index (χ4n) is 1.42. The monoisotopic (exact) mass is 319 g/mol. The Bertz CT molecular complexity index is 442. The average Bonchev–Trinajstić information content (AvgIpc) is 2.46. The zero-order valence-corrected chi connectivity index (χ0v) is 13.1. The standard InChI is InChI=1S/C13H19Cl2N3O2/c1-16-13(17-6-8-19-2)18-7-9-20-11-5-3-4-10(14)12(11)15/h3-5H,6-9H2,1-2H3,(H2,16,17,18). The molecule has 112 valence electrons. The van der Waals surface area contributed by atoms with Gasteiger partial charge in [0.1, 0.15) is 17.4 Å². The minimum Gasteiger partial charge on any atom is -0.490 e. The highest BCUT2D eigenvalue weighted by molar-refractivity contribution is 6.42. The number of ether oxygens (including phenoxy) is 2. The number of hydrogen-bond acceptors (Lipinski definition) is 3. The van der Waals surface area contributed by atoms with Gasteiger partial charge in [0.2, 0.25) is 0 Å². The van der Waals surface area contributed by atoms with Crippen molar-refractivity contribution in [2.24, 2.45) is 4.99 Å². The van der Waals surface area contributed by atoms with Crippen molar-refractivity contribution in [2.75, 3.05) is 40.5 Å². The maximum absolute atomic E-state index is 6.02. The molecule has 0 unspecified atom stereocenters. The van der Waals surface area contributed by atoms with Crippen LogP contribution >= 0.6 is 23.2 Å². The maximum Gasteiger partial charge on any atom is 0.191 e. The lowest BCUT2D eigenvalue weighted by molar-refractivity contribution is 0.203.